The van der Waals surface area contributed by atoms with E-state index in [2.05, 4.69) is 55.8 Å². The molecule has 0 spiro atoms. The van der Waals surface area contributed by atoms with E-state index in [0.717, 1.165) is 47.3 Å². The molecule has 0 saturated carbocycles. The van der Waals surface area contributed by atoms with Gasteiger partial charge in [-0.05, 0) is 57.7 Å². The number of aryl methyl sites for hydroxylation is 2. The number of carbonyl (C=O) groups is 1. The maximum absolute atomic E-state index is 12.9. The Morgan fingerprint density at radius 1 is 1.16 bits per heavy atom. The van der Waals surface area contributed by atoms with Gasteiger partial charge in [0.1, 0.15) is 0 Å². The molecule has 4 heterocycles. The minimum atomic E-state index is -0.161. The van der Waals surface area contributed by atoms with E-state index in [1.54, 1.807) is 11.3 Å². The minimum Gasteiger partial charge on any atom is -0.304 e. The van der Waals surface area contributed by atoms with E-state index in [0.29, 0.717) is 17.1 Å². The zero-order valence-corrected chi connectivity index (χ0v) is 20.1. The highest BCUT2D eigenvalue weighted by molar-refractivity contribution is 7.16. The van der Waals surface area contributed by atoms with Gasteiger partial charge in [-0.3, -0.25) is 9.69 Å². The average molecular weight is 468 g/mol. The van der Waals surface area contributed by atoms with Crippen LogP contribution in [0.2, 0.25) is 0 Å². The van der Waals surface area contributed by atoms with Crippen molar-refractivity contribution in [3.8, 4) is 10.6 Å². The summed E-state index contributed by atoms with van der Waals surface area (Å²) in [5.41, 5.74) is 3.35. The number of thiazole rings is 2. The number of nitrogens with zero attached hydrogens (tertiary/aromatic N) is 3. The van der Waals surface area contributed by atoms with Crippen LogP contribution in [0.5, 0.6) is 0 Å². The smallest absolute Gasteiger partial charge is 0.243 e. The molecule has 6 nitrogen and oxygen atoms in total. The maximum atomic E-state index is 12.9. The van der Waals surface area contributed by atoms with Gasteiger partial charge in [-0.25, -0.2) is 9.97 Å². The second-order valence-corrected chi connectivity index (χ2v) is 10.8. The van der Waals surface area contributed by atoms with E-state index in [9.17, 15) is 4.79 Å². The van der Waals surface area contributed by atoms with Gasteiger partial charge in [0.25, 0.3) is 0 Å². The Kier molecular flexibility index (Phi) is 6.37. The van der Waals surface area contributed by atoms with Crippen molar-refractivity contribution < 1.29 is 4.79 Å². The summed E-state index contributed by atoms with van der Waals surface area (Å²) in [4.78, 5) is 25.6. The highest BCUT2D eigenvalue weighted by atomic mass is 32.1. The SMILES string of the molecule is Cc1nc(C)c(-c2csc(NC(=O)[C@@H]3C[C@@H](N4CCC(c5ccccc5)CC4)CN3)n2)s1. The van der Waals surface area contributed by atoms with E-state index in [4.69, 9.17) is 0 Å². The number of nitrogens with one attached hydrogen (secondary N) is 2. The molecule has 2 aliphatic rings. The first-order valence-corrected chi connectivity index (χ1v) is 13.0. The molecule has 1 aromatic carbocycles. The van der Waals surface area contributed by atoms with Crippen LogP contribution in [0.1, 0.15) is 41.4 Å². The molecule has 2 saturated heterocycles. The molecule has 8 heteroatoms. The predicted octanol–water partition coefficient (Wildman–Crippen LogP) is 4.43. The number of amides is 1. The summed E-state index contributed by atoms with van der Waals surface area (Å²) in [6.45, 7) is 7.08. The van der Waals surface area contributed by atoms with Crippen molar-refractivity contribution in [2.75, 3.05) is 25.0 Å². The molecule has 2 fully saturated rings. The van der Waals surface area contributed by atoms with Gasteiger partial charge < -0.3 is 10.6 Å². The van der Waals surface area contributed by atoms with E-state index in [1.807, 2.05) is 19.2 Å². The lowest BCUT2D eigenvalue weighted by atomic mass is 9.89. The zero-order valence-electron chi connectivity index (χ0n) is 18.5. The largest absolute Gasteiger partial charge is 0.304 e. The quantitative estimate of drug-likeness (QED) is 0.581. The molecule has 0 radical (unpaired) electrons. The van der Waals surface area contributed by atoms with Crippen molar-refractivity contribution in [3.63, 3.8) is 0 Å². The molecule has 0 bridgehead atoms. The molecule has 2 aromatic heterocycles. The average Bonchev–Trinajstić information content (AvgIpc) is 3.54. The topological polar surface area (TPSA) is 70.2 Å². The summed E-state index contributed by atoms with van der Waals surface area (Å²) in [6.07, 6.45) is 3.23. The van der Waals surface area contributed by atoms with Crippen LogP contribution in [-0.2, 0) is 4.79 Å². The van der Waals surface area contributed by atoms with Crippen LogP contribution in [-0.4, -0.2) is 52.5 Å². The maximum Gasteiger partial charge on any atom is 0.243 e. The van der Waals surface area contributed by atoms with E-state index >= 15 is 0 Å². The molecule has 2 atom stereocenters. The van der Waals surface area contributed by atoms with Gasteiger partial charge in [0.15, 0.2) is 5.13 Å². The molecule has 0 unspecified atom stereocenters. The molecular weight excluding hydrogens is 438 g/mol. The van der Waals surface area contributed by atoms with Crippen LogP contribution < -0.4 is 10.6 Å². The molecule has 32 heavy (non-hydrogen) atoms. The molecule has 168 valence electrons. The number of piperidine rings is 1. The van der Waals surface area contributed by atoms with E-state index in [1.165, 1.54) is 29.7 Å². The number of benzene rings is 1. The fraction of sp³-hybridized carbons (Fsp3) is 0.458. The Bertz CT molecular complexity index is 1070. The highest BCUT2D eigenvalue weighted by Gasteiger charge is 2.35. The lowest BCUT2D eigenvalue weighted by Gasteiger charge is -2.36. The van der Waals surface area contributed by atoms with Gasteiger partial charge in [0, 0.05) is 18.0 Å². The third-order valence-corrected chi connectivity index (χ3v) is 8.46. The lowest BCUT2D eigenvalue weighted by molar-refractivity contribution is -0.117. The Balaban J connectivity index is 1.13. The number of aromatic nitrogens is 2. The van der Waals surface area contributed by atoms with Gasteiger partial charge in [-0.1, -0.05) is 30.3 Å². The van der Waals surface area contributed by atoms with Crippen molar-refractivity contribution in [1.82, 2.24) is 20.2 Å². The number of hydrogen-bond donors (Lipinski definition) is 2. The second-order valence-electron chi connectivity index (χ2n) is 8.75. The standard InChI is InChI=1S/C24H29N5OS2/c1-15-22(32-16(2)26-15)21-14-31-24(27-21)28-23(30)20-12-19(13-25-20)29-10-8-18(9-11-29)17-6-4-3-5-7-17/h3-7,14,18-20,25H,8-13H2,1-2H3,(H,27,28,30)/t19-,20+/m1/s1. The molecular formula is C24H29N5OS2. The summed E-state index contributed by atoms with van der Waals surface area (Å²) >= 11 is 3.12. The molecule has 2 N–H and O–H groups in total. The van der Waals surface area contributed by atoms with Crippen LogP contribution in [0.4, 0.5) is 5.13 Å². The Morgan fingerprint density at radius 2 is 1.94 bits per heavy atom. The number of likely N-dealkylation sites (tertiary alicyclic amines) is 1. The summed E-state index contributed by atoms with van der Waals surface area (Å²) in [7, 11) is 0. The molecule has 0 aliphatic carbocycles. The number of hydrogen-bond acceptors (Lipinski definition) is 7. The first-order valence-electron chi connectivity index (χ1n) is 11.3. The summed E-state index contributed by atoms with van der Waals surface area (Å²) in [6, 6.07) is 11.1. The minimum absolute atomic E-state index is 0.0183. The summed E-state index contributed by atoms with van der Waals surface area (Å²) < 4.78 is 0. The van der Waals surface area contributed by atoms with Crippen LogP contribution in [0.25, 0.3) is 10.6 Å². The van der Waals surface area contributed by atoms with Crippen molar-refractivity contribution in [2.45, 2.75) is 51.1 Å². The highest BCUT2D eigenvalue weighted by Crippen LogP contribution is 2.33. The Hall–Kier alpha value is -2.13. The fourth-order valence-corrected chi connectivity index (χ4v) is 6.57. The molecule has 5 rings (SSSR count). The summed E-state index contributed by atoms with van der Waals surface area (Å²) in [5, 5.41) is 10.1. The van der Waals surface area contributed by atoms with Crippen molar-refractivity contribution in [1.29, 1.82) is 0 Å². The number of carbonyl (C=O) groups excluding carboxylic acids is 1. The van der Waals surface area contributed by atoms with Gasteiger partial charge >= 0.3 is 0 Å². The van der Waals surface area contributed by atoms with Gasteiger partial charge in [-0.2, -0.15) is 0 Å². The first-order chi connectivity index (χ1) is 15.6. The normalized spacial score (nSPS) is 22.3. The van der Waals surface area contributed by atoms with Crippen molar-refractivity contribution in [3.05, 3.63) is 52.0 Å². The molecule has 1 amide bonds. The predicted molar refractivity (Wildman–Crippen MR) is 132 cm³/mol. The second kappa shape index (κ2) is 9.39. The fourth-order valence-electron chi connectivity index (χ4n) is 4.91. The van der Waals surface area contributed by atoms with Crippen LogP contribution in [0.3, 0.4) is 0 Å². The van der Waals surface area contributed by atoms with E-state index < -0.39 is 0 Å². The monoisotopic (exact) mass is 467 g/mol. The lowest BCUT2D eigenvalue weighted by Crippen LogP contribution is -2.42. The third-order valence-electron chi connectivity index (χ3n) is 6.61. The zero-order chi connectivity index (χ0) is 22.1. The van der Waals surface area contributed by atoms with Gasteiger partial charge in [0.2, 0.25) is 5.91 Å². The van der Waals surface area contributed by atoms with Crippen LogP contribution in [0.15, 0.2) is 35.7 Å². The Labute approximate surface area is 197 Å². The van der Waals surface area contributed by atoms with Gasteiger partial charge in [-0.15, -0.1) is 22.7 Å². The molecule has 3 aromatic rings. The third kappa shape index (κ3) is 4.64. The van der Waals surface area contributed by atoms with Gasteiger partial charge in [0.05, 0.1) is 27.3 Å². The van der Waals surface area contributed by atoms with E-state index in [-0.39, 0.29) is 11.9 Å². The molecule has 2 aliphatic heterocycles. The number of rotatable bonds is 5. The van der Waals surface area contributed by atoms with Crippen LogP contribution >= 0.6 is 22.7 Å². The first kappa shape index (κ1) is 21.7. The van der Waals surface area contributed by atoms with Crippen molar-refractivity contribution >= 4 is 33.7 Å². The number of anilines is 1. The Morgan fingerprint density at radius 3 is 2.66 bits per heavy atom. The van der Waals surface area contributed by atoms with Crippen molar-refractivity contribution in [2.24, 2.45) is 0 Å². The van der Waals surface area contributed by atoms with Crippen LogP contribution in [0, 0.1) is 13.8 Å². The summed E-state index contributed by atoms with van der Waals surface area (Å²) in [5.74, 6) is 0.677.